The number of aliphatic hydroxyl groups excluding tert-OH is 2. The summed E-state index contributed by atoms with van der Waals surface area (Å²) in [6.45, 7) is 10.7. The van der Waals surface area contributed by atoms with Gasteiger partial charge in [0.1, 0.15) is 0 Å². The maximum absolute atomic E-state index is 10.5. The van der Waals surface area contributed by atoms with Crippen LogP contribution in [0, 0.1) is 34.5 Å². The molecule has 0 radical (unpaired) electrons. The van der Waals surface area contributed by atoms with Crippen LogP contribution in [0.25, 0.3) is 0 Å². The van der Waals surface area contributed by atoms with E-state index in [0.717, 1.165) is 32.2 Å². The number of aliphatic hydroxyl groups is 2. The highest BCUT2D eigenvalue weighted by Gasteiger charge is 2.56. The van der Waals surface area contributed by atoms with Crippen molar-refractivity contribution >= 4 is 0 Å². The molecule has 0 bridgehead atoms. The van der Waals surface area contributed by atoms with Crippen molar-refractivity contribution in [2.45, 2.75) is 103 Å². The van der Waals surface area contributed by atoms with Gasteiger partial charge in [-0.15, -0.1) is 0 Å². The second kappa shape index (κ2) is 8.63. The minimum absolute atomic E-state index is 0.145. The Balaban J connectivity index is 1.52. The maximum Gasteiger partial charge on any atom is 0.0543 e. The van der Waals surface area contributed by atoms with Gasteiger partial charge in [-0.1, -0.05) is 45.3 Å². The molecule has 3 nitrogen and oxygen atoms in total. The fourth-order valence-corrected chi connectivity index (χ4v) is 8.09. The van der Waals surface area contributed by atoms with E-state index in [1.807, 2.05) is 0 Å². The fraction of sp³-hybridized carbons (Fsp3) is 0.923. The number of rotatable bonds is 5. The molecule has 4 rings (SSSR count). The molecular formula is C26H45NO2. The van der Waals surface area contributed by atoms with Crippen molar-refractivity contribution in [1.29, 1.82) is 0 Å². The summed E-state index contributed by atoms with van der Waals surface area (Å²) in [5.74, 6) is 2.07. The summed E-state index contributed by atoms with van der Waals surface area (Å²) in [7, 11) is 0. The molecule has 3 heteroatoms. The average Bonchev–Trinajstić information content (AvgIpc) is 3.03. The van der Waals surface area contributed by atoms with E-state index in [2.05, 4.69) is 25.7 Å². The van der Waals surface area contributed by atoms with Crippen molar-refractivity contribution in [2.24, 2.45) is 34.5 Å². The summed E-state index contributed by atoms with van der Waals surface area (Å²) in [5.41, 5.74) is 1.89. The number of hydrogen-bond donors (Lipinski definition) is 3. The van der Waals surface area contributed by atoms with Gasteiger partial charge >= 0.3 is 0 Å². The summed E-state index contributed by atoms with van der Waals surface area (Å²) < 4.78 is 0. The van der Waals surface area contributed by atoms with Crippen molar-refractivity contribution in [2.75, 3.05) is 13.2 Å². The van der Waals surface area contributed by atoms with E-state index in [0.29, 0.717) is 36.3 Å². The van der Waals surface area contributed by atoms with Gasteiger partial charge in [-0.2, -0.15) is 0 Å². The number of fused-ring (bicyclic) bond motifs is 1. The van der Waals surface area contributed by atoms with Crippen LogP contribution in [0.5, 0.6) is 0 Å². The van der Waals surface area contributed by atoms with Crippen molar-refractivity contribution in [3.8, 4) is 0 Å². The first-order chi connectivity index (χ1) is 13.9. The lowest BCUT2D eigenvalue weighted by molar-refractivity contribution is -0.0935. The summed E-state index contributed by atoms with van der Waals surface area (Å²) in [5, 5.41) is 25.0. The first kappa shape index (κ1) is 21.8. The quantitative estimate of drug-likeness (QED) is 0.562. The predicted molar refractivity (Wildman–Crippen MR) is 120 cm³/mol. The lowest BCUT2D eigenvalue weighted by Crippen LogP contribution is -2.53. The van der Waals surface area contributed by atoms with E-state index in [-0.39, 0.29) is 16.9 Å². The molecule has 0 aromatic heterocycles. The molecule has 166 valence electrons. The van der Waals surface area contributed by atoms with Crippen LogP contribution in [0.2, 0.25) is 0 Å². The van der Waals surface area contributed by atoms with Crippen LogP contribution in [0.3, 0.4) is 0 Å². The van der Waals surface area contributed by atoms with Crippen LogP contribution in [-0.2, 0) is 0 Å². The third kappa shape index (κ3) is 3.96. The van der Waals surface area contributed by atoms with Crippen LogP contribution in [0.15, 0.2) is 12.2 Å². The van der Waals surface area contributed by atoms with E-state index >= 15 is 0 Å². The Bertz CT molecular complexity index is 585. The molecule has 4 aliphatic carbocycles. The van der Waals surface area contributed by atoms with Gasteiger partial charge in [-0.25, -0.2) is 0 Å². The first-order valence-electron chi connectivity index (χ1n) is 12.6. The lowest BCUT2D eigenvalue weighted by atomic mass is 9.49. The van der Waals surface area contributed by atoms with Gasteiger partial charge in [0.05, 0.1) is 6.10 Å². The van der Waals surface area contributed by atoms with Crippen molar-refractivity contribution in [3.63, 3.8) is 0 Å². The molecule has 29 heavy (non-hydrogen) atoms. The Hall–Kier alpha value is -0.380. The smallest absolute Gasteiger partial charge is 0.0543 e. The Morgan fingerprint density at radius 1 is 1.00 bits per heavy atom. The van der Waals surface area contributed by atoms with E-state index in [1.54, 1.807) is 0 Å². The van der Waals surface area contributed by atoms with Gasteiger partial charge in [-0.05, 0) is 98.8 Å². The van der Waals surface area contributed by atoms with E-state index < -0.39 is 0 Å². The third-order valence-electron chi connectivity index (χ3n) is 10.2. The van der Waals surface area contributed by atoms with Gasteiger partial charge in [-0.3, -0.25) is 0 Å². The largest absolute Gasteiger partial charge is 0.396 e. The lowest BCUT2D eigenvalue weighted by Gasteiger charge is -2.56. The predicted octanol–water partition coefficient (Wildman–Crippen LogP) is 5.07. The Morgan fingerprint density at radius 2 is 1.76 bits per heavy atom. The molecular weight excluding hydrogens is 358 g/mol. The van der Waals surface area contributed by atoms with Crippen LogP contribution in [0.1, 0.15) is 90.9 Å². The average molecular weight is 404 g/mol. The molecule has 7 atom stereocenters. The SMILES string of the molecule is C=C1CCC2[C@H](CO)C(C3(C)CCC(O)CC3CNC3CCCCC3)CCC12C. The maximum atomic E-state index is 10.5. The molecule has 4 aliphatic rings. The molecule has 0 aromatic rings. The molecule has 0 aromatic carbocycles. The Kier molecular flexibility index (Phi) is 6.50. The zero-order chi connectivity index (χ0) is 20.6. The minimum Gasteiger partial charge on any atom is -0.396 e. The van der Waals surface area contributed by atoms with Crippen LogP contribution in [0.4, 0.5) is 0 Å². The van der Waals surface area contributed by atoms with Gasteiger partial charge in [0.2, 0.25) is 0 Å². The molecule has 0 spiro atoms. The van der Waals surface area contributed by atoms with Gasteiger partial charge in [0, 0.05) is 12.6 Å². The molecule has 0 aliphatic heterocycles. The van der Waals surface area contributed by atoms with Crippen LogP contribution < -0.4 is 5.32 Å². The standard InChI is InChI=1S/C26H45NO2/c1-18-9-10-23-22(17-28)24(12-14-25(18,23)2)26(3)13-11-21(29)15-19(26)16-27-20-7-5-4-6-8-20/h19-24,27-29H,1,4-17H2,2-3H3/t19?,21?,22-,23?,24?,25?,26?/m0/s1. The van der Waals surface area contributed by atoms with Crippen molar-refractivity contribution in [3.05, 3.63) is 12.2 Å². The first-order valence-corrected chi connectivity index (χ1v) is 12.6. The Labute approximate surface area is 178 Å². The molecule has 4 saturated carbocycles. The normalized spacial score (nSPS) is 46.6. The summed E-state index contributed by atoms with van der Waals surface area (Å²) >= 11 is 0. The molecule has 0 saturated heterocycles. The van der Waals surface area contributed by atoms with E-state index in [1.165, 1.54) is 56.9 Å². The summed E-state index contributed by atoms with van der Waals surface area (Å²) in [4.78, 5) is 0. The minimum atomic E-state index is -0.145. The van der Waals surface area contributed by atoms with Gasteiger partial charge < -0.3 is 15.5 Å². The summed E-state index contributed by atoms with van der Waals surface area (Å²) in [6, 6.07) is 0.675. The fourth-order valence-electron chi connectivity index (χ4n) is 8.09. The highest BCUT2D eigenvalue weighted by molar-refractivity contribution is 5.20. The zero-order valence-corrected chi connectivity index (χ0v) is 19.0. The number of hydrogen-bond acceptors (Lipinski definition) is 3. The van der Waals surface area contributed by atoms with Crippen molar-refractivity contribution in [1.82, 2.24) is 5.32 Å². The van der Waals surface area contributed by atoms with Gasteiger partial charge in [0.15, 0.2) is 0 Å². The topological polar surface area (TPSA) is 52.5 Å². The number of allylic oxidation sites excluding steroid dienone is 1. The van der Waals surface area contributed by atoms with Crippen LogP contribution in [-0.4, -0.2) is 35.5 Å². The highest BCUT2D eigenvalue weighted by atomic mass is 16.3. The number of nitrogens with one attached hydrogen (secondary N) is 1. The van der Waals surface area contributed by atoms with E-state index in [4.69, 9.17) is 0 Å². The van der Waals surface area contributed by atoms with Gasteiger partial charge in [0.25, 0.3) is 0 Å². The monoisotopic (exact) mass is 403 g/mol. The van der Waals surface area contributed by atoms with E-state index in [9.17, 15) is 10.2 Å². The zero-order valence-electron chi connectivity index (χ0n) is 19.0. The highest BCUT2D eigenvalue weighted by Crippen LogP contribution is 2.63. The second-order valence-corrected chi connectivity index (χ2v) is 11.5. The molecule has 0 amide bonds. The molecule has 4 fully saturated rings. The molecule has 6 unspecified atom stereocenters. The Morgan fingerprint density at radius 3 is 2.48 bits per heavy atom. The molecule has 3 N–H and O–H groups in total. The summed E-state index contributed by atoms with van der Waals surface area (Å²) in [6.07, 6.45) is 14.4. The third-order valence-corrected chi connectivity index (χ3v) is 10.2. The second-order valence-electron chi connectivity index (χ2n) is 11.5. The van der Waals surface area contributed by atoms with Crippen LogP contribution >= 0.6 is 0 Å². The van der Waals surface area contributed by atoms with Crippen molar-refractivity contribution < 1.29 is 10.2 Å². The molecule has 0 heterocycles.